The van der Waals surface area contributed by atoms with Crippen molar-refractivity contribution >= 4 is 12.0 Å². The number of fused-ring (bicyclic) bond motifs is 1. The topological polar surface area (TPSA) is 69.3 Å². The van der Waals surface area contributed by atoms with Gasteiger partial charge in [0.25, 0.3) is 5.56 Å². The maximum Gasteiger partial charge on any atom is 0.254 e. The van der Waals surface area contributed by atoms with E-state index in [-0.39, 0.29) is 23.3 Å². The van der Waals surface area contributed by atoms with Crippen LogP contribution in [0.15, 0.2) is 40.7 Å². The molecule has 0 bridgehead atoms. The molecule has 0 spiro atoms. The van der Waals surface area contributed by atoms with Crippen molar-refractivity contribution in [2.45, 2.75) is 51.5 Å². The standard InChI is InChI=1S/C26H32N4O2/c1-18(14-19-6-3-2-4-7-19)15-29-12-10-21(16-29)24-27-23-17-30(26(32)20-8-5-9-20)13-11-22(23)25(31)28-24/h2-4,6-7,14,20-21H,5,8-13,15-17H2,1H3,(H,27,28,31)/b18-14+/t21-/m1/s1. The molecule has 2 aromatic rings. The summed E-state index contributed by atoms with van der Waals surface area (Å²) in [5.74, 6) is 1.46. The third-order valence-electron chi connectivity index (χ3n) is 7.20. The van der Waals surface area contributed by atoms with Gasteiger partial charge in [-0.3, -0.25) is 14.5 Å². The molecule has 0 radical (unpaired) electrons. The lowest BCUT2D eigenvalue weighted by atomic mass is 9.84. The Kier molecular flexibility index (Phi) is 5.96. The fourth-order valence-electron chi connectivity index (χ4n) is 5.19. The lowest BCUT2D eigenvalue weighted by Gasteiger charge is -2.34. The minimum Gasteiger partial charge on any atom is -0.336 e. The summed E-state index contributed by atoms with van der Waals surface area (Å²) in [5, 5.41) is 0. The van der Waals surface area contributed by atoms with E-state index in [2.05, 4.69) is 47.1 Å². The van der Waals surface area contributed by atoms with Gasteiger partial charge in [-0.25, -0.2) is 4.98 Å². The van der Waals surface area contributed by atoms with Gasteiger partial charge >= 0.3 is 0 Å². The number of nitrogens with zero attached hydrogens (tertiary/aromatic N) is 3. The van der Waals surface area contributed by atoms with Gasteiger partial charge in [0.05, 0.1) is 12.2 Å². The number of amides is 1. The van der Waals surface area contributed by atoms with Gasteiger partial charge in [0, 0.05) is 37.0 Å². The van der Waals surface area contributed by atoms with E-state index < -0.39 is 0 Å². The van der Waals surface area contributed by atoms with Gasteiger partial charge < -0.3 is 9.88 Å². The van der Waals surface area contributed by atoms with Crippen molar-refractivity contribution in [1.29, 1.82) is 0 Å². The Labute approximate surface area is 189 Å². The first kappa shape index (κ1) is 21.1. The molecule has 1 aromatic heterocycles. The van der Waals surface area contributed by atoms with Crippen LogP contribution in [0.2, 0.25) is 0 Å². The second-order valence-corrected chi connectivity index (χ2v) is 9.64. The van der Waals surface area contributed by atoms with Gasteiger partial charge in [0.15, 0.2) is 0 Å². The van der Waals surface area contributed by atoms with Crippen LogP contribution in [-0.2, 0) is 17.8 Å². The summed E-state index contributed by atoms with van der Waals surface area (Å²) >= 11 is 0. The van der Waals surface area contributed by atoms with Crippen LogP contribution in [-0.4, -0.2) is 51.9 Å². The van der Waals surface area contributed by atoms with E-state index in [0.717, 1.165) is 62.4 Å². The molecular weight excluding hydrogens is 400 g/mol. The average molecular weight is 433 g/mol. The summed E-state index contributed by atoms with van der Waals surface area (Å²) in [7, 11) is 0. The Balaban J connectivity index is 1.26. The summed E-state index contributed by atoms with van der Waals surface area (Å²) in [5.41, 5.74) is 4.11. The van der Waals surface area contributed by atoms with Crippen molar-refractivity contribution in [3.05, 3.63) is 68.9 Å². The molecule has 2 fully saturated rings. The van der Waals surface area contributed by atoms with Gasteiger partial charge in [-0.15, -0.1) is 0 Å². The summed E-state index contributed by atoms with van der Waals surface area (Å²) in [4.78, 5) is 37.8. The van der Waals surface area contributed by atoms with Crippen LogP contribution in [0.1, 0.15) is 61.2 Å². The number of likely N-dealkylation sites (tertiary alicyclic amines) is 1. The fraction of sp³-hybridized carbons (Fsp3) is 0.500. The van der Waals surface area contributed by atoms with E-state index >= 15 is 0 Å². The molecule has 1 saturated heterocycles. The highest BCUT2D eigenvalue weighted by atomic mass is 16.2. The van der Waals surface area contributed by atoms with Crippen molar-refractivity contribution in [3.8, 4) is 0 Å². The second kappa shape index (κ2) is 9.02. The SMILES string of the molecule is C/C(=C\c1ccccc1)CN1CC[C@@H](c2nc3c(c(=O)[nH]2)CCN(C(=O)C2CCC2)C3)C1. The smallest absolute Gasteiger partial charge is 0.254 e. The lowest BCUT2D eigenvalue weighted by molar-refractivity contribution is -0.139. The molecular formula is C26H32N4O2. The number of hydrogen-bond donors (Lipinski definition) is 1. The number of nitrogens with one attached hydrogen (secondary N) is 1. The number of benzene rings is 1. The first-order valence-corrected chi connectivity index (χ1v) is 11.9. The number of carbonyl (C=O) groups is 1. The predicted molar refractivity (Wildman–Crippen MR) is 125 cm³/mol. The van der Waals surface area contributed by atoms with Crippen LogP contribution in [0.4, 0.5) is 0 Å². The zero-order chi connectivity index (χ0) is 22.1. The molecule has 168 valence electrons. The van der Waals surface area contributed by atoms with Gasteiger partial charge in [-0.1, -0.05) is 48.4 Å². The highest BCUT2D eigenvalue weighted by Gasteiger charge is 2.33. The van der Waals surface area contributed by atoms with Crippen LogP contribution in [0.5, 0.6) is 0 Å². The van der Waals surface area contributed by atoms with Crippen molar-refractivity contribution in [1.82, 2.24) is 19.8 Å². The Morgan fingerprint density at radius 1 is 1.19 bits per heavy atom. The van der Waals surface area contributed by atoms with E-state index in [1.807, 2.05) is 11.0 Å². The van der Waals surface area contributed by atoms with Gasteiger partial charge in [0.1, 0.15) is 5.82 Å². The molecule has 32 heavy (non-hydrogen) atoms. The van der Waals surface area contributed by atoms with Crippen molar-refractivity contribution < 1.29 is 4.79 Å². The summed E-state index contributed by atoms with van der Waals surface area (Å²) in [6, 6.07) is 10.4. The Morgan fingerprint density at radius 2 is 2.00 bits per heavy atom. The van der Waals surface area contributed by atoms with E-state index in [1.165, 1.54) is 11.1 Å². The Hall–Kier alpha value is -2.73. The fourth-order valence-corrected chi connectivity index (χ4v) is 5.19. The number of hydrogen-bond acceptors (Lipinski definition) is 4. The van der Waals surface area contributed by atoms with Crippen molar-refractivity contribution in [3.63, 3.8) is 0 Å². The lowest BCUT2D eigenvalue weighted by Crippen LogP contribution is -2.43. The first-order valence-electron chi connectivity index (χ1n) is 11.9. The molecule has 3 heterocycles. The maximum atomic E-state index is 12.8. The summed E-state index contributed by atoms with van der Waals surface area (Å²) < 4.78 is 0. The number of rotatable bonds is 5. The van der Waals surface area contributed by atoms with E-state index in [9.17, 15) is 9.59 Å². The minimum absolute atomic E-state index is 0.0145. The minimum atomic E-state index is -0.0145. The van der Waals surface area contributed by atoms with Crippen LogP contribution < -0.4 is 5.56 Å². The molecule has 1 N–H and O–H groups in total. The number of aromatic amines is 1. The van der Waals surface area contributed by atoms with Crippen LogP contribution in [0, 0.1) is 5.92 Å². The third kappa shape index (κ3) is 4.42. The zero-order valence-corrected chi connectivity index (χ0v) is 18.8. The summed E-state index contributed by atoms with van der Waals surface area (Å²) in [6.45, 7) is 6.11. The predicted octanol–water partition coefficient (Wildman–Crippen LogP) is 3.35. The van der Waals surface area contributed by atoms with E-state index in [4.69, 9.17) is 4.98 Å². The highest BCUT2D eigenvalue weighted by Crippen LogP contribution is 2.30. The maximum absolute atomic E-state index is 12.8. The molecule has 0 unspecified atom stereocenters. The monoisotopic (exact) mass is 432 g/mol. The molecule has 1 aliphatic carbocycles. The Morgan fingerprint density at radius 3 is 2.75 bits per heavy atom. The normalized spacial score (nSPS) is 22.0. The first-order chi connectivity index (χ1) is 15.6. The number of carbonyl (C=O) groups excluding carboxylic acids is 1. The number of H-pyrrole nitrogens is 1. The van der Waals surface area contributed by atoms with Crippen molar-refractivity contribution in [2.75, 3.05) is 26.2 Å². The number of aromatic nitrogens is 2. The average Bonchev–Trinajstić information content (AvgIpc) is 3.21. The van der Waals surface area contributed by atoms with Gasteiger partial charge in [0.2, 0.25) is 5.91 Å². The zero-order valence-electron chi connectivity index (χ0n) is 18.8. The summed E-state index contributed by atoms with van der Waals surface area (Å²) in [6.07, 6.45) is 7.00. The van der Waals surface area contributed by atoms with Gasteiger partial charge in [-0.05, 0) is 44.7 Å². The van der Waals surface area contributed by atoms with Crippen LogP contribution >= 0.6 is 0 Å². The molecule has 6 nitrogen and oxygen atoms in total. The Bertz CT molecular complexity index is 1070. The van der Waals surface area contributed by atoms with Crippen molar-refractivity contribution in [2.24, 2.45) is 5.92 Å². The van der Waals surface area contributed by atoms with E-state index in [1.54, 1.807) is 0 Å². The van der Waals surface area contributed by atoms with Gasteiger partial charge in [-0.2, -0.15) is 0 Å². The molecule has 1 atom stereocenters. The highest BCUT2D eigenvalue weighted by molar-refractivity contribution is 5.79. The molecule has 6 heteroatoms. The molecule has 1 aromatic carbocycles. The van der Waals surface area contributed by atoms with E-state index in [0.29, 0.717) is 19.5 Å². The molecule has 1 amide bonds. The third-order valence-corrected chi connectivity index (χ3v) is 7.20. The molecule has 5 rings (SSSR count). The molecule has 3 aliphatic rings. The second-order valence-electron chi connectivity index (χ2n) is 9.64. The largest absolute Gasteiger partial charge is 0.336 e. The van der Waals surface area contributed by atoms with Crippen LogP contribution in [0.25, 0.3) is 6.08 Å². The molecule has 1 saturated carbocycles. The van der Waals surface area contributed by atoms with Crippen LogP contribution in [0.3, 0.4) is 0 Å². The quantitative estimate of drug-likeness (QED) is 0.787. The molecule has 2 aliphatic heterocycles.